The molecule has 8 heteroatoms. The van der Waals surface area contributed by atoms with E-state index in [2.05, 4.69) is 20.7 Å². The topological polar surface area (TPSA) is 85.8 Å². The first-order valence-corrected chi connectivity index (χ1v) is 8.72. The van der Waals surface area contributed by atoms with Crippen molar-refractivity contribution in [3.05, 3.63) is 47.5 Å². The fourth-order valence-corrected chi connectivity index (χ4v) is 3.28. The summed E-state index contributed by atoms with van der Waals surface area (Å²) in [5.41, 5.74) is 2.12. The lowest BCUT2D eigenvalue weighted by Crippen LogP contribution is -2.23. The van der Waals surface area contributed by atoms with Crippen LogP contribution in [0.3, 0.4) is 0 Å². The van der Waals surface area contributed by atoms with E-state index in [4.69, 9.17) is 4.52 Å². The Morgan fingerprint density at radius 3 is 2.68 bits per heavy atom. The molecule has 2 heterocycles. The van der Waals surface area contributed by atoms with Crippen molar-refractivity contribution in [2.45, 2.75) is 38.1 Å². The number of aryl methyl sites for hydroxylation is 3. The summed E-state index contributed by atoms with van der Waals surface area (Å²) in [4.78, 5) is 12.4. The zero-order valence-electron chi connectivity index (χ0n) is 14.5. The van der Waals surface area contributed by atoms with Crippen molar-refractivity contribution < 1.29 is 9.32 Å². The zero-order chi connectivity index (χ0) is 18.0. The molecule has 0 fully saturated rings. The van der Waals surface area contributed by atoms with E-state index in [1.54, 1.807) is 13.0 Å². The number of thioether (sulfide) groups is 1. The van der Waals surface area contributed by atoms with E-state index in [-0.39, 0.29) is 11.2 Å². The van der Waals surface area contributed by atoms with E-state index in [1.165, 1.54) is 11.8 Å². The van der Waals surface area contributed by atoms with Gasteiger partial charge in [-0.2, -0.15) is 0 Å². The molecule has 7 nitrogen and oxygen atoms in total. The molecule has 1 atom stereocenters. The summed E-state index contributed by atoms with van der Waals surface area (Å²) >= 11 is 1.35. The van der Waals surface area contributed by atoms with Crippen molar-refractivity contribution in [2.24, 2.45) is 0 Å². The number of rotatable bonds is 5. The molecule has 0 aliphatic carbocycles. The van der Waals surface area contributed by atoms with Crippen LogP contribution in [0.25, 0.3) is 5.69 Å². The number of benzene rings is 1. The minimum absolute atomic E-state index is 0.171. The van der Waals surface area contributed by atoms with E-state index in [1.807, 2.05) is 49.6 Å². The Hall–Kier alpha value is -2.61. The fraction of sp³-hybridized carbons (Fsp3) is 0.294. The third-order valence-corrected chi connectivity index (χ3v) is 4.72. The van der Waals surface area contributed by atoms with Crippen LogP contribution in [0.2, 0.25) is 0 Å². The molecular formula is C17H19N5O2S. The lowest BCUT2D eigenvalue weighted by atomic mass is 10.2. The van der Waals surface area contributed by atoms with Crippen LogP contribution in [0.1, 0.15) is 24.1 Å². The lowest BCUT2D eigenvalue weighted by molar-refractivity contribution is -0.115. The number of amides is 1. The Bertz CT molecular complexity index is 902. The van der Waals surface area contributed by atoms with Gasteiger partial charge in [0.25, 0.3) is 0 Å². The van der Waals surface area contributed by atoms with Gasteiger partial charge >= 0.3 is 0 Å². The van der Waals surface area contributed by atoms with Crippen LogP contribution >= 0.6 is 11.8 Å². The van der Waals surface area contributed by atoms with E-state index in [9.17, 15) is 4.79 Å². The Labute approximate surface area is 149 Å². The van der Waals surface area contributed by atoms with Crippen LogP contribution in [0.5, 0.6) is 0 Å². The Kier molecular flexibility index (Phi) is 4.89. The molecule has 0 saturated heterocycles. The van der Waals surface area contributed by atoms with Gasteiger partial charge in [-0.15, -0.1) is 10.2 Å². The number of anilines is 1. The summed E-state index contributed by atoms with van der Waals surface area (Å²) in [5.74, 6) is 1.66. The highest BCUT2D eigenvalue weighted by Gasteiger charge is 2.21. The van der Waals surface area contributed by atoms with Gasteiger partial charge in [0.15, 0.2) is 11.0 Å². The zero-order valence-corrected chi connectivity index (χ0v) is 15.3. The van der Waals surface area contributed by atoms with Gasteiger partial charge in [-0.3, -0.25) is 9.36 Å². The third-order valence-electron chi connectivity index (χ3n) is 3.68. The lowest BCUT2D eigenvalue weighted by Gasteiger charge is -2.13. The van der Waals surface area contributed by atoms with Crippen molar-refractivity contribution in [3.8, 4) is 5.69 Å². The van der Waals surface area contributed by atoms with Gasteiger partial charge in [-0.1, -0.05) is 35.1 Å². The van der Waals surface area contributed by atoms with Crippen molar-refractivity contribution >= 4 is 23.5 Å². The summed E-state index contributed by atoms with van der Waals surface area (Å²) in [6.07, 6.45) is 0. The smallest absolute Gasteiger partial charge is 0.238 e. The van der Waals surface area contributed by atoms with Crippen LogP contribution in [-0.4, -0.2) is 31.1 Å². The van der Waals surface area contributed by atoms with E-state index in [0.717, 1.165) is 17.1 Å². The molecule has 0 spiro atoms. The SMILES string of the molecule is Cc1cc(NC(=O)[C@@H](C)Sc2nnc(C)n2-c2ccccc2C)no1. The molecule has 0 bridgehead atoms. The minimum atomic E-state index is -0.372. The summed E-state index contributed by atoms with van der Waals surface area (Å²) < 4.78 is 6.92. The monoisotopic (exact) mass is 357 g/mol. The van der Waals surface area contributed by atoms with Crippen LogP contribution in [0.4, 0.5) is 5.82 Å². The van der Waals surface area contributed by atoms with Gasteiger partial charge in [-0.25, -0.2) is 0 Å². The molecular weight excluding hydrogens is 338 g/mol. The average molecular weight is 357 g/mol. The molecule has 2 aromatic heterocycles. The molecule has 3 aromatic rings. The van der Waals surface area contributed by atoms with Crippen molar-refractivity contribution in [1.29, 1.82) is 0 Å². The normalized spacial score (nSPS) is 12.2. The predicted molar refractivity (Wildman–Crippen MR) is 96.0 cm³/mol. The van der Waals surface area contributed by atoms with Crippen molar-refractivity contribution in [1.82, 2.24) is 19.9 Å². The second kappa shape index (κ2) is 7.10. The molecule has 1 N–H and O–H groups in total. The average Bonchev–Trinajstić information content (AvgIpc) is 3.14. The second-order valence-electron chi connectivity index (χ2n) is 5.72. The molecule has 25 heavy (non-hydrogen) atoms. The van der Waals surface area contributed by atoms with Gasteiger partial charge in [0.2, 0.25) is 5.91 Å². The van der Waals surface area contributed by atoms with E-state index in [0.29, 0.717) is 16.7 Å². The maximum Gasteiger partial charge on any atom is 0.238 e. The van der Waals surface area contributed by atoms with Gasteiger partial charge in [-0.05, 0) is 39.3 Å². The Balaban J connectivity index is 1.79. The van der Waals surface area contributed by atoms with Crippen LogP contribution in [-0.2, 0) is 4.79 Å². The number of carbonyl (C=O) groups is 1. The van der Waals surface area contributed by atoms with Crippen molar-refractivity contribution in [3.63, 3.8) is 0 Å². The van der Waals surface area contributed by atoms with Gasteiger partial charge in [0.1, 0.15) is 11.6 Å². The Morgan fingerprint density at radius 2 is 2.00 bits per heavy atom. The first-order chi connectivity index (χ1) is 12.0. The van der Waals surface area contributed by atoms with Crippen LogP contribution in [0, 0.1) is 20.8 Å². The maximum atomic E-state index is 12.4. The number of nitrogens with one attached hydrogen (secondary N) is 1. The number of nitrogens with zero attached hydrogens (tertiary/aromatic N) is 4. The molecule has 130 valence electrons. The highest BCUT2D eigenvalue weighted by atomic mass is 32.2. The van der Waals surface area contributed by atoms with Crippen molar-refractivity contribution in [2.75, 3.05) is 5.32 Å². The van der Waals surface area contributed by atoms with Crippen LogP contribution in [0.15, 0.2) is 40.0 Å². The van der Waals surface area contributed by atoms with Gasteiger partial charge in [0.05, 0.1) is 10.9 Å². The standard InChI is InChI=1S/C17H19N5O2S/c1-10-7-5-6-8-14(10)22-13(4)19-20-17(22)25-12(3)16(23)18-15-9-11(2)24-21-15/h5-9,12H,1-4H3,(H,18,21,23)/t12-/m1/s1. The quantitative estimate of drug-likeness (QED) is 0.705. The summed E-state index contributed by atoms with van der Waals surface area (Å²) in [6.45, 7) is 7.52. The molecule has 0 unspecified atom stereocenters. The molecule has 1 amide bonds. The molecule has 3 rings (SSSR count). The first-order valence-electron chi connectivity index (χ1n) is 7.84. The summed E-state index contributed by atoms with van der Waals surface area (Å²) in [7, 11) is 0. The number of para-hydroxylation sites is 1. The molecule has 0 aliphatic heterocycles. The van der Waals surface area contributed by atoms with E-state index < -0.39 is 0 Å². The molecule has 0 radical (unpaired) electrons. The number of carbonyl (C=O) groups excluding carboxylic acids is 1. The molecule has 1 aromatic carbocycles. The third kappa shape index (κ3) is 3.74. The van der Waals surface area contributed by atoms with E-state index >= 15 is 0 Å². The van der Waals surface area contributed by atoms with Crippen LogP contribution < -0.4 is 5.32 Å². The second-order valence-corrected chi connectivity index (χ2v) is 7.03. The fourth-order valence-electron chi connectivity index (χ4n) is 2.38. The largest absolute Gasteiger partial charge is 0.360 e. The predicted octanol–water partition coefficient (Wildman–Crippen LogP) is 3.30. The highest BCUT2D eigenvalue weighted by Crippen LogP contribution is 2.27. The number of hydrogen-bond acceptors (Lipinski definition) is 6. The number of aromatic nitrogens is 4. The first kappa shape index (κ1) is 17.2. The molecule has 0 aliphatic rings. The number of hydrogen-bond donors (Lipinski definition) is 1. The Morgan fingerprint density at radius 1 is 1.24 bits per heavy atom. The maximum absolute atomic E-state index is 12.4. The summed E-state index contributed by atoms with van der Waals surface area (Å²) in [6, 6.07) is 9.68. The minimum Gasteiger partial charge on any atom is -0.360 e. The molecule has 0 saturated carbocycles. The van der Waals surface area contributed by atoms with Gasteiger partial charge < -0.3 is 9.84 Å². The van der Waals surface area contributed by atoms with Gasteiger partial charge in [0, 0.05) is 6.07 Å². The highest BCUT2D eigenvalue weighted by molar-refractivity contribution is 8.00. The summed E-state index contributed by atoms with van der Waals surface area (Å²) in [5, 5.41) is 15.2.